The van der Waals surface area contributed by atoms with Crippen molar-refractivity contribution in [1.29, 1.82) is 0 Å². The van der Waals surface area contributed by atoms with Crippen LogP contribution in [0.1, 0.15) is 30.5 Å². The van der Waals surface area contributed by atoms with Gasteiger partial charge in [0.15, 0.2) is 0 Å². The zero-order chi connectivity index (χ0) is 20.5. The lowest BCUT2D eigenvalue weighted by Crippen LogP contribution is -2.28. The van der Waals surface area contributed by atoms with Crippen LogP contribution in [0, 0.1) is 6.92 Å². The van der Waals surface area contributed by atoms with E-state index in [2.05, 4.69) is 54.8 Å². The van der Waals surface area contributed by atoms with Gasteiger partial charge in [-0.2, -0.15) is 0 Å². The minimum atomic E-state index is 0.748. The molecule has 0 bridgehead atoms. The summed E-state index contributed by atoms with van der Waals surface area (Å²) in [5.41, 5.74) is 3.72. The molecule has 7 heteroatoms. The van der Waals surface area contributed by atoms with E-state index in [1.54, 1.807) is 21.6 Å². The van der Waals surface area contributed by atoms with Crippen molar-refractivity contribution in [2.24, 2.45) is 0 Å². The topological polar surface area (TPSA) is 6.48 Å². The summed E-state index contributed by atoms with van der Waals surface area (Å²) < 4.78 is 1.70. The van der Waals surface area contributed by atoms with Crippen LogP contribution in [0.4, 0.5) is 0 Å². The van der Waals surface area contributed by atoms with Crippen molar-refractivity contribution in [2.45, 2.75) is 33.9 Å². The van der Waals surface area contributed by atoms with E-state index in [9.17, 15) is 0 Å². The van der Waals surface area contributed by atoms with Gasteiger partial charge in [-0.3, -0.25) is 0 Å². The highest BCUT2D eigenvalue weighted by Gasteiger charge is 2.14. The summed E-state index contributed by atoms with van der Waals surface area (Å²) >= 11 is 17.3. The van der Waals surface area contributed by atoms with Crippen molar-refractivity contribution in [2.75, 3.05) is 13.1 Å². The highest BCUT2D eigenvalue weighted by molar-refractivity contribution is 8.89. The molecule has 0 N–H and O–H groups in total. The Bertz CT molecular complexity index is 710. The van der Waals surface area contributed by atoms with Crippen molar-refractivity contribution in [1.82, 2.24) is 9.80 Å². The van der Waals surface area contributed by atoms with Crippen LogP contribution >= 0.6 is 57.6 Å². The van der Waals surface area contributed by atoms with Crippen LogP contribution in [0.15, 0.2) is 48.5 Å². The van der Waals surface area contributed by atoms with Gasteiger partial charge >= 0.3 is 0 Å². The SMILES string of the molecule is CCN(Cc1ccc(C)cc1)C(=S)SSC(=S)N(CC)Cc1ccc(Cl)cc1. The molecule has 2 aromatic rings. The average molecular weight is 469 g/mol. The summed E-state index contributed by atoms with van der Waals surface area (Å²) in [6, 6.07) is 16.5. The molecule has 0 heterocycles. The Morgan fingerprint density at radius 2 is 1.18 bits per heavy atom. The Morgan fingerprint density at radius 3 is 1.57 bits per heavy atom. The highest BCUT2D eigenvalue weighted by Crippen LogP contribution is 2.29. The van der Waals surface area contributed by atoms with E-state index in [4.69, 9.17) is 36.0 Å². The van der Waals surface area contributed by atoms with Gasteiger partial charge in [0.1, 0.15) is 8.64 Å². The second-order valence-electron chi connectivity index (χ2n) is 6.34. The molecular formula is C21H25ClN2S4. The fraction of sp³-hybridized carbons (Fsp3) is 0.333. The monoisotopic (exact) mass is 468 g/mol. The number of hydrogen-bond donors (Lipinski definition) is 0. The number of aryl methyl sites for hydroxylation is 1. The first-order chi connectivity index (χ1) is 13.4. The molecule has 0 radical (unpaired) electrons. The Kier molecular flexibility index (Phi) is 10.1. The molecule has 2 rings (SSSR count). The van der Waals surface area contributed by atoms with Crippen molar-refractivity contribution in [3.63, 3.8) is 0 Å². The van der Waals surface area contributed by atoms with Gasteiger partial charge in [0.2, 0.25) is 0 Å². The fourth-order valence-electron chi connectivity index (χ4n) is 2.51. The Hall–Kier alpha value is -0.790. The molecule has 2 aromatic carbocycles. The Morgan fingerprint density at radius 1 is 0.786 bits per heavy atom. The maximum atomic E-state index is 5.97. The number of benzene rings is 2. The first-order valence-corrected chi connectivity index (χ1v) is 12.5. The number of halogens is 1. The molecule has 0 aromatic heterocycles. The molecule has 0 aliphatic carbocycles. The van der Waals surface area contributed by atoms with E-state index in [1.165, 1.54) is 16.7 Å². The molecule has 0 saturated heterocycles. The molecule has 0 atom stereocenters. The third kappa shape index (κ3) is 7.56. The summed E-state index contributed by atoms with van der Waals surface area (Å²) in [7, 11) is 3.13. The molecule has 0 fully saturated rings. The molecule has 28 heavy (non-hydrogen) atoms. The zero-order valence-corrected chi connectivity index (χ0v) is 20.4. The van der Waals surface area contributed by atoms with Gasteiger partial charge in [0, 0.05) is 31.2 Å². The van der Waals surface area contributed by atoms with Crippen LogP contribution in [-0.2, 0) is 13.1 Å². The standard InChI is InChI=1S/C21H25ClN2S4/c1-4-23(14-17-8-6-16(3)7-9-17)20(25)27-28-21(26)24(5-2)15-18-10-12-19(22)13-11-18/h6-13H,4-5,14-15H2,1-3H3. The van der Waals surface area contributed by atoms with Gasteiger partial charge in [0.05, 0.1) is 0 Å². The van der Waals surface area contributed by atoms with Gasteiger partial charge < -0.3 is 9.80 Å². The van der Waals surface area contributed by atoms with E-state index in [0.717, 1.165) is 39.8 Å². The van der Waals surface area contributed by atoms with Gasteiger partial charge in [-0.25, -0.2) is 0 Å². The Balaban J connectivity index is 1.88. The molecule has 150 valence electrons. The average Bonchev–Trinajstić information content (AvgIpc) is 2.70. The van der Waals surface area contributed by atoms with E-state index in [-0.39, 0.29) is 0 Å². The predicted octanol–water partition coefficient (Wildman–Crippen LogP) is 6.94. The van der Waals surface area contributed by atoms with Crippen LogP contribution in [0.5, 0.6) is 0 Å². The molecule has 0 aliphatic heterocycles. The summed E-state index contributed by atoms with van der Waals surface area (Å²) in [5.74, 6) is 0. The lowest BCUT2D eigenvalue weighted by Gasteiger charge is -2.25. The maximum Gasteiger partial charge on any atom is 0.147 e. The fourth-order valence-corrected chi connectivity index (χ4v) is 5.44. The third-order valence-electron chi connectivity index (χ3n) is 4.24. The molecule has 2 nitrogen and oxygen atoms in total. The smallest absolute Gasteiger partial charge is 0.147 e. The van der Waals surface area contributed by atoms with E-state index in [0.29, 0.717) is 0 Å². The lowest BCUT2D eigenvalue weighted by molar-refractivity contribution is 0.451. The van der Waals surface area contributed by atoms with Crippen molar-refractivity contribution < 1.29 is 0 Å². The first-order valence-electron chi connectivity index (χ1n) is 9.15. The van der Waals surface area contributed by atoms with Gasteiger partial charge in [-0.1, -0.05) is 78.0 Å². The summed E-state index contributed by atoms with van der Waals surface area (Å²) in [6.45, 7) is 9.65. The zero-order valence-electron chi connectivity index (χ0n) is 16.4. The molecule has 0 spiro atoms. The van der Waals surface area contributed by atoms with Crippen LogP contribution in [0.2, 0.25) is 5.02 Å². The van der Waals surface area contributed by atoms with Crippen molar-refractivity contribution in [3.05, 3.63) is 70.2 Å². The minimum Gasteiger partial charge on any atom is -0.353 e. The number of hydrogen-bond acceptors (Lipinski definition) is 4. The van der Waals surface area contributed by atoms with Gasteiger partial charge in [-0.05, 0) is 65.6 Å². The summed E-state index contributed by atoms with van der Waals surface area (Å²) in [5, 5.41) is 0.748. The van der Waals surface area contributed by atoms with Crippen LogP contribution < -0.4 is 0 Å². The van der Waals surface area contributed by atoms with Crippen molar-refractivity contribution in [3.8, 4) is 0 Å². The highest BCUT2D eigenvalue weighted by atomic mass is 35.5. The molecular weight excluding hydrogens is 444 g/mol. The van der Waals surface area contributed by atoms with E-state index in [1.807, 2.05) is 24.3 Å². The summed E-state index contributed by atoms with van der Waals surface area (Å²) in [6.07, 6.45) is 0. The van der Waals surface area contributed by atoms with E-state index >= 15 is 0 Å². The van der Waals surface area contributed by atoms with Crippen LogP contribution in [0.25, 0.3) is 0 Å². The first kappa shape index (κ1) is 23.5. The molecule has 0 amide bonds. The van der Waals surface area contributed by atoms with Gasteiger partial charge in [0.25, 0.3) is 0 Å². The third-order valence-corrected chi connectivity index (χ3v) is 8.23. The van der Waals surface area contributed by atoms with Gasteiger partial charge in [-0.15, -0.1) is 0 Å². The normalized spacial score (nSPS) is 10.6. The molecule has 0 unspecified atom stereocenters. The van der Waals surface area contributed by atoms with E-state index < -0.39 is 0 Å². The largest absolute Gasteiger partial charge is 0.353 e. The molecule has 0 aliphatic rings. The van der Waals surface area contributed by atoms with Crippen LogP contribution in [-0.4, -0.2) is 31.5 Å². The maximum absolute atomic E-state index is 5.97. The number of rotatable bonds is 6. The second kappa shape index (κ2) is 12.0. The minimum absolute atomic E-state index is 0.748. The van der Waals surface area contributed by atoms with Crippen molar-refractivity contribution >= 4 is 66.3 Å². The quantitative estimate of drug-likeness (QED) is 0.332. The van der Waals surface area contributed by atoms with Crippen LogP contribution in [0.3, 0.4) is 0 Å². The predicted molar refractivity (Wildman–Crippen MR) is 135 cm³/mol. The number of nitrogens with zero attached hydrogens (tertiary/aromatic N) is 2. The number of thiocarbonyl (C=S) groups is 2. The second-order valence-corrected chi connectivity index (χ2v) is 10.2. The lowest BCUT2D eigenvalue weighted by atomic mass is 10.1. The Labute approximate surface area is 192 Å². The summed E-state index contributed by atoms with van der Waals surface area (Å²) in [4.78, 5) is 4.38. The molecule has 0 saturated carbocycles.